The number of hydrogen-bond donors (Lipinski definition) is 1. The predicted molar refractivity (Wildman–Crippen MR) is 68.7 cm³/mol. The second-order valence-corrected chi connectivity index (χ2v) is 3.86. The minimum atomic E-state index is 0.746. The largest absolute Gasteiger partial charge is 0.352 e. The van der Waals surface area contributed by atoms with Gasteiger partial charge in [-0.15, -0.1) is 6.58 Å². The molecule has 0 saturated heterocycles. The van der Waals surface area contributed by atoms with Crippen molar-refractivity contribution in [3.63, 3.8) is 0 Å². The van der Waals surface area contributed by atoms with Crippen LogP contribution in [0.5, 0.6) is 0 Å². The summed E-state index contributed by atoms with van der Waals surface area (Å²) in [7, 11) is 0. The number of aryl methyl sites for hydroxylation is 1. The quantitative estimate of drug-likeness (QED) is 0.799. The van der Waals surface area contributed by atoms with E-state index in [4.69, 9.17) is 0 Å². The van der Waals surface area contributed by atoms with Crippen molar-refractivity contribution >= 4 is 5.95 Å². The Labute approximate surface area is 101 Å². The lowest BCUT2D eigenvalue weighted by atomic mass is 10.3. The van der Waals surface area contributed by atoms with Gasteiger partial charge in [0.25, 0.3) is 0 Å². The van der Waals surface area contributed by atoms with Gasteiger partial charge in [0.15, 0.2) is 0 Å². The number of pyridine rings is 1. The molecule has 0 unspecified atom stereocenters. The van der Waals surface area contributed by atoms with Crippen LogP contribution >= 0.6 is 0 Å². The Hall–Kier alpha value is -2.10. The van der Waals surface area contributed by atoms with Crippen molar-refractivity contribution in [3.8, 4) is 0 Å². The SMILES string of the molecule is C=CCn1cc(C)nc1NCc1ccncc1. The van der Waals surface area contributed by atoms with E-state index in [1.165, 1.54) is 5.56 Å². The van der Waals surface area contributed by atoms with Crippen LogP contribution in [0.1, 0.15) is 11.3 Å². The minimum Gasteiger partial charge on any atom is -0.352 e. The highest BCUT2D eigenvalue weighted by Gasteiger charge is 2.03. The zero-order valence-electron chi connectivity index (χ0n) is 9.93. The van der Waals surface area contributed by atoms with E-state index in [1.54, 1.807) is 12.4 Å². The van der Waals surface area contributed by atoms with E-state index in [9.17, 15) is 0 Å². The van der Waals surface area contributed by atoms with Crippen molar-refractivity contribution in [2.24, 2.45) is 0 Å². The summed E-state index contributed by atoms with van der Waals surface area (Å²) in [6.07, 6.45) is 7.45. The molecule has 2 heterocycles. The summed E-state index contributed by atoms with van der Waals surface area (Å²) in [4.78, 5) is 8.42. The van der Waals surface area contributed by atoms with Crippen LogP contribution in [0.4, 0.5) is 5.95 Å². The number of rotatable bonds is 5. The topological polar surface area (TPSA) is 42.7 Å². The van der Waals surface area contributed by atoms with Gasteiger partial charge in [0.1, 0.15) is 0 Å². The molecule has 4 heteroatoms. The molecule has 4 nitrogen and oxygen atoms in total. The van der Waals surface area contributed by atoms with E-state index in [1.807, 2.05) is 35.9 Å². The summed E-state index contributed by atoms with van der Waals surface area (Å²) in [5.41, 5.74) is 2.19. The summed E-state index contributed by atoms with van der Waals surface area (Å²) in [5.74, 6) is 0.874. The summed E-state index contributed by atoms with van der Waals surface area (Å²) in [6, 6.07) is 3.97. The minimum absolute atomic E-state index is 0.746. The molecule has 0 aliphatic rings. The van der Waals surface area contributed by atoms with Crippen LogP contribution < -0.4 is 5.32 Å². The number of hydrogen-bond acceptors (Lipinski definition) is 3. The molecule has 2 aromatic rings. The molecule has 0 aliphatic carbocycles. The highest BCUT2D eigenvalue weighted by molar-refractivity contribution is 5.30. The Kier molecular flexibility index (Phi) is 3.55. The smallest absolute Gasteiger partial charge is 0.203 e. The van der Waals surface area contributed by atoms with Gasteiger partial charge in [-0.1, -0.05) is 6.08 Å². The summed E-state index contributed by atoms with van der Waals surface area (Å²) in [6.45, 7) is 7.23. The molecule has 1 N–H and O–H groups in total. The second kappa shape index (κ2) is 5.30. The number of nitrogens with zero attached hydrogens (tertiary/aromatic N) is 3. The Morgan fingerprint density at radius 1 is 1.41 bits per heavy atom. The van der Waals surface area contributed by atoms with Crippen molar-refractivity contribution < 1.29 is 0 Å². The van der Waals surface area contributed by atoms with Crippen LogP contribution in [0.3, 0.4) is 0 Å². The van der Waals surface area contributed by atoms with E-state index in [2.05, 4.69) is 21.9 Å². The maximum Gasteiger partial charge on any atom is 0.203 e. The first kappa shape index (κ1) is 11.4. The monoisotopic (exact) mass is 228 g/mol. The summed E-state index contributed by atoms with van der Waals surface area (Å²) in [5, 5.41) is 3.31. The summed E-state index contributed by atoms with van der Waals surface area (Å²) < 4.78 is 2.05. The van der Waals surface area contributed by atoms with Gasteiger partial charge in [-0.25, -0.2) is 4.98 Å². The van der Waals surface area contributed by atoms with E-state index in [-0.39, 0.29) is 0 Å². The van der Waals surface area contributed by atoms with Gasteiger partial charge in [-0.2, -0.15) is 0 Å². The predicted octanol–water partition coefficient (Wildman–Crippen LogP) is 2.38. The molecule has 0 aliphatic heterocycles. The Bertz CT molecular complexity index is 487. The van der Waals surface area contributed by atoms with E-state index >= 15 is 0 Å². The number of imidazole rings is 1. The van der Waals surface area contributed by atoms with E-state index < -0.39 is 0 Å². The van der Waals surface area contributed by atoms with Crippen LogP contribution in [0.25, 0.3) is 0 Å². The fraction of sp³-hybridized carbons (Fsp3) is 0.231. The molecular weight excluding hydrogens is 212 g/mol. The third-order valence-electron chi connectivity index (χ3n) is 2.42. The average Bonchev–Trinajstić information content (AvgIpc) is 2.69. The Morgan fingerprint density at radius 2 is 2.18 bits per heavy atom. The van der Waals surface area contributed by atoms with Crippen LogP contribution in [0.15, 0.2) is 43.4 Å². The molecule has 17 heavy (non-hydrogen) atoms. The van der Waals surface area contributed by atoms with Gasteiger partial charge in [0.2, 0.25) is 5.95 Å². The molecule has 0 radical (unpaired) electrons. The molecule has 0 saturated carbocycles. The van der Waals surface area contributed by atoms with Crippen molar-refractivity contribution in [3.05, 3.63) is 54.6 Å². The first-order valence-corrected chi connectivity index (χ1v) is 5.57. The lowest BCUT2D eigenvalue weighted by molar-refractivity contribution is 0.819. The fourth-order valence-corrected chi connectivity index (χ4v) is 1.65. The van der Waals surface area contributed by atoms with Crippen LogP contribution in [-0.2, 0) is 13.1 Å². The van der Waals surface area contributed by atoms with Crippen molar-refractivity contribution in [1.82, 2.24) is 14.5 Å². The van der Waals surface area contributed by atoms with Crippen molar-refractivity contribution in [1.29, 1.82) is 0 Å². The van der Waals surface area contributed by atoms with Gasteiger partial charge >= 0.3 is 0 Å². The third kappa shape index (κ3) is 2.93. The number of nitrogens with one attached hydrogen (secondary N) is 1. The van der Waals surface area contributed by atoms with Crippen LogP contribution in [0, 0.1) is 6.92 Å². The Morgan fingerprint density at radius 3 is 2.88 bits per heavy atom. The Balaban J connectivity index is 2.05. The molecular formula is C13H16N4. The average molecular weight is 228 g/mol. The number of aromatic nitrogens is 3. The maximum absolute atomic E-state index is 4.43. The van der Waals surface area contributed by atoms with Crippen LogP contribution in [-0.4, -0.2) is 14.5 Å². The number of allylic oxidation sites excluding steroid dienone is 1. The molecule has 88 valence electrons. The van der Waals surface area contributed by atoms with E-state index in [0.717, 1.165) is 24.7 Å². The zero-order valence-corrected chi connectivity index (χ0v) is 9.93. The zero-order chi connectivity index (χ0) is 12.1. The van der Waals surface area contributed by atoms with Crippen molar-refractivity contribution in [2.45, 2.75) is 20.0 Å². The first-order valence-electron chi connectivity index (χ1n) is 5.57. The molecule has 0 aromatic carbocycles. The lowest BCUT2D eigenvalue weighted by Gasteiger charge is -2.07. The lowest BCUT2D eigenvalue weighted by Crippen LogP contribution is -2.06. The van der Waals surface area contributed by atoms with E-state index in [0.29, 0.717) is 0 Å². The normalized spacial score (nSPS) is 10.2. The van der Waals surface area contributed by atoms with Crippen LogP contribution in [0.2, 0.25) is 0 Å². The number of anilines is 1. The molecule has 2 aromatic heterocycles. The van der Waals surface area contributed by atoms with Crippen molar-refractivity contribution in [2.75, 3.05) is 5.32 Å². The molecule has 2 rings (SSSR count). The van der Waals surface area contributed by atoms with Gasteiger partial charge in [0.05, 0.1) is 5.69 Å². The first-order chi connectivity index (χ1) is 8.29. The second-order valence-electron chi connectivity index (χ2n) is 3.86. The molecule has 0 bridgehead atoms. The standard InChI is InChI=1S/C13H16N4/c1-3-8-17-10-11(2)16-13(17)15-9-12-4-6-14-7-5-12/h3-7,10H,1,8-9H2,2H3,(H,15,16). The molecule has 0 fully saturated rings. The van der Waals surface area contributed by atoms with Gasteiger partial charge in [-0.05, 0) is 24.6 Å². The molecule has 0 amide bonds. The molecule has 0 atom stereocenters. The highest BCUT2D eigenvalue weighted by atomic mass is 15.2. The van der Waals surface area contributed by atoms with Gasteiger partial charge in [0, 0.05) is 31.7 Å². The maximum atomic E-state index is 4.43. The highest BCUT2D eigenvalue weighted by Crippen LogP contribution is 2.10. The van der Waals surface area contributed by atoms with Gasteiger partial charge < -0.3 is 9.88 Å². The third-order valence-corrected chi connectivity index (χ3v) is 2.42. The van der Waals surface area contributed by atoms with Gasteiger partial charge in [-0.3, -0.25) is 4.98 Å². The fourth-order valence-electron chi connectivity index (χ4n) is 1.65. The molecule has 0 spiro atoms. The summed E-state index contributed by atoms with van der Waals surface area (Å²) >= 11 is 0.